The molecule has 2 rings (SSSR count). The predicted molar refractivity (Wildman–Crippen MR) is 81.5 cm³/mol. The number of hydrogen-bond donors (Lipinski definition) is 1. The second kappa shape index (κ2) is 6.83. The van der Waals surface area contributed by atoms with Gasteiger partial charge in [-0.25, -0.2) is 0 Å². The number of thioether (sulfide) groups is 1. The zero-order chi connectivity index (χ0) is 13.0. The van der Waals surface area contributed by atoms with E-state index in [0.29, 0.717) is 6.54 Å². The number of rotatable bonds is 4. The first kappa shape index (κ1) is 14.2. The molecule has 18 heavy (non-hydrogen) atoms. The van der Waals surface area contributed by atoms with Crippen LogP contribution in [-0.2, 0) is 6.42 Å². The molecule has 1 aromatic rings. The van der Waals surface area contributed by atoms with Crippen LogP contribution in [0.15, 0.2) is 23.1 Å². The number of benzene rings is 1. The van der Waals surface area contributed by atoms with Crippen molar-refractivity contribution in [3.05, 3.63) is 28.8 Å². The molecular formula is C15H22ClNS. The second-order valence-electron chi connectivity index (χ2n) is 5.30. The number of halogens is 1. The Kier molecular flexibility index (Phi) is 5.40. The molecule has 0 aromatic heterocycles. The Morgan fingerprint density at radius 3 is 2.94 bits per heavy atom. The molecule has 0 heterocycles. The van der Waals surface area contributed by atoms with Crippen molar-refractivity contribution in [3.63, 3.8) is 0 Å². The summed E-state index contributed by atoms with van der Waals surface area (Å²) in [5.74, 6) is 0.876. The van der Waals surface area contributed by atoms with Crippen LogP contribution in [0, 0.1) is 5.92 Å². The molecule has 0 saturated heterocycles. The van der Waals surface area contributed by atoms with Crippen molar-refractivity contribution in [2.24, 2.45) is 11.7 Å². The summed E-state index contributed by atoms with van der Waals surface area (Å²) in [6.45, 7) is 3.06. The smallest absolute Gasteiger partial charge is 0.0409 e. The van der Waals surface area contributed by atoms with Gasteiger partial charge in [0.1, 0.15) is 0 Å². The normalized spacial score (nSPS) is 24.2. The van der Waals surface area contributed by atoms with Gasteiger partial charge in [-0.3, -0.25) is 0 Å². The molecule has 100 valence electrons. The van der Waals surface area contributed by atoms with Crippen molar-refractivity contribution in [3.8, 4) is 0 Å². The van der Waals surface area contributed by atoms with Crippen LogP contribution in [0.25, 0.3) is 0 Å². The molecule has 2 N–H and O–H groups in total. The number of nitrogens with two attached hydrogens (primary N) is 1. The first-order valence-corrected chi connectivity index (χ1v) is 8.10. The lowest BCUT2D eigenvalue weighted by atomic mass is 9.91. The zero-order valence-electron chi connectivity index (χ0n) is 11.0. The second-order valence-corrected chi connectivity index (χ2v) is 7.08. The van der Waals surface area contributed by atoms with E-state index in [1.165, 1.54) is 36.1 Å². The van der Waals surface area contributed by atoms with E-state index in [4.69, 9.17) is 17.3 Å². The first-order chi connectivity index (χ1) is 8.69. The van der Waals surface area contributed by atoms with E-state index in [1.54, 1.807) is 0 Å². The van der Waals surface area contributed by atoms with Gasteiger partial charge < -0.3 is 5.73 Å². The molecule has 2 atom stereocenters. The van der Waals surface area contributed by atoms with Crippen LogP contribution in [0.1, 0.15) is 38.2 Å². The van der Waals surface area contributed by atoms with Gasteiger partial charge in [0.05, 0.1) is 0 Å². The maximum absolute atomic E-state index is 6.07. The summed E-state index contributed by atoms with van der Waals surface area (Å²) in [6.07, 6.45) is 6.38. The van der Waals surface area contributed by atoms with Crippen LogP contribution >= 0.6 is 23.4 Å². The zero-order valence-corrected chi connectivity index (χ0v) is 12.6. The molecule has 2 unspecified atom stereocenters. The van der Waals surface area contributed by atoms with Crippen LogP contribution in [-0.4, -0.2) is 11.8 Å². The lowest BCUT2D eigenvalue weighted by Crippen LogP contribution is -2.15. The fraction of sp³-hybridized carbons (Fsp3) is 0.600. The molecule has 0 aliphatic heterocycles. The third kappa shape index (κ3) is 3.91. The van der Waals surface area contributed by atoms with E-state index in [1.807, 2.05) is 17.8 Å². The van der Waals surface area contributed by atoms with Gasteiger partial charge in [-0.15, -0.1) is 11.8 Å². The topological polar surface area (TPSA) is 26.0 Å². The van der Waals surface area contributed by atoms with Crippen LogP contribution in [0.4, 0.5) is 0 Å². The fourth-order valence-corrected chi connectivity index (χ4v) is 4.40. The third-order valence-electron chi connectivity index (χ3n) is 3.62. The third-order valence-corrected chi connectivity index (χ3v) is 5.27. The Morgan fingerprint density at radius 1 is 1.39 bits per heavy atom. The Bertz CT molecular complexity index is 394. The molecule has 1 fully saturated rings. The molecule has 0 spiro atoms. The highest BCUT2D eigenvalue weighted by atomic mass is 35.5. The van der Waals surface area contributed by atoms with Gasteiger partial charge in [-0.05, 0) is 55.5 Å². The van der Waals surface area contributed by atoms with Crippen LogP contribution in [0.5, 0.6) is 0 Å². The minimum atomic E-state index is 0.689. The highest BCUT2D eigenvalue weighted by Gasteiger charge is 2.20. The molecule has 0 radical (unpaired) electrons. The lowest BCUT2D eigenvalue weighted by molar-refractivity contribution is 0.394. The average Bonchev–Trinajstić information content (AvgIpc) is 2.33. The Labute approximate surface area is 119 Å². The van der Waals surface area contributed by atoms with Gasteiger partial charge in [0.25, 0.3) is 0 Å². The summed E-state index contributed by atoms with van der Waals surface area (Å²) in [4.78, 5) is 1.38. The molecular weight excluding hydrogens is 262 g/mol. The van der Waals surface area contributed by atoms with Gasteiger partial charge in [0.15, 0.2) is 0 Å². The molecule has 1 aliphatic carbocycles. The summed E-state index contributed by atoms with van der Waals surface area (Å²) in [5, 5.41) is 1.59. The largest absolute Gasteiger partial charge is 0.330 e. The summed E-state index contributed by atoms with van der Waals surface area (Å²) in [6, 6.07) is 6.23. The fourth-order valence-electron chi connectivity index (χ4n) is 2.68. The van der Waals surface area contributed by atoms with Crippen molar-refractivity contribution in [1.29, 1.82) is 0 Å². The monoisotopic (exact) mass is 283 g/mol. The standard InChI is InChI=1S/C15H22ClNS/c1-11-3-2-4-14(9-11)18-15-6-5-13(16)10-12(15)7-8-17/h5-6,10-11,14H,2-4,7-9,17H2,1H3. The first-order valence-electron chi connectivity index (χ1n) is 6.84. The molecule has 1 saturated carbocycles. The van der Waals surface area contributed by atoms with E-state index >= 15 is 0 Å². The molecule has 1 aliphatic rings. The van der Waals surface area contributed by atoms with Gasteiger partial charge in [0, 0.05) is 15.2 Å². The van der Waals surface area contributed by atoms with Crippen molar-refractivity contribution >= 4 is 23.4 Å². The van der Waals surface area contributed by atoms with Gasteiger partial charge >= 0.3 is 0 Å². The summed E-state index contributed by atoms with van der Waals surface area (Å²) >= 11 is 8.10. The Morgan fingerprint density at radius 2 is 2.22 bits per heavy atom. The molecule has 0 amide bonds. The molecule has 0 bridgehead atoms. The Balaban J connectivity index is 2.07. The highest BCUT2D eigenvalue weighted by molar-refractivity contribution is 8.00. The van der Waals surface area contributed by atoms with Gasteiger partial charge in [0.2, 0.25) is 0 Å². The summed E-state index contributed by atoms with van der Waals surface area (Å²) < 4.78 is 0. The van der Waals surface area contributed by atoms with Gasteiger partial charge in [-0.1, -0.05) is 31.4 Å². The molecule has 1 aromatic carbocycles. The minimum Gasteiger partial charge on any atom is -0.330 e. The highest BCUT2D eigenvalue weighted by Crippen LogP contribution is 2.38. The van der Waals surface area contributed by atoms with E-state index in [9.17, 15) is 0 Å². The maximum Gasteiger partial charge on any atom is 0.0409 e. The van der Waals surface area contributed by atoms with Crippen molar-refractivity contribution in [1.82, 2.24) is 0 Å². The van der Waals surface area contributed by atoms with Gasteiger partial charge in [-0.2, -0.15) is 0 Å². The van der Waals surface area contributed by atoms with E-state index in [0.717, 1.165) is 22.6 Å². The average molecular weight is 284 g/mol. The van der Waals surface area contributed by atoms with Crippen molar-refractivity contribution < 1.29 is 0 Å². The van der Waals surface area contributed by atoms with E-state index < -0.39 is 0 Å². The predicted octanol–water partition coefficient (Wildman–Crippen LogP) is 4.51. The summed E-state index contributed by atoms with van der Waals surface area (Å²) in [5.41, 5.74) is 7.00. The van der Waals surface area contributed by atoms with Crippen molar-refractivity contribution in [2.75, 3.05) is 6.54 Å². The number of hydrogen-bond acceptors (Lipinski definition) is 2. The quantitative estimate of drug-likeness (QED) is 0.880. The molecule has 1 nitrogen and oxygen atoms in total. The van der Waals surface area contributed by atoms with E-state index in [2.05, 4.69) is 19.1 Å². The van der Waals surface area contributed by atoms with E-state index in [-0.39, 0.29) is 0 Å². The van der Waals surface area contributed by atoms with Crippen LogP contribution in [0.3, 0.4) is 0 Å². The Hall–Kier alpha value is -0.180. The maximum atomic E-state index is 6.07. The minimum absolute atomic E-state index is 0.689. The van der Waals surface area contributed by atoms with Crippen molar-refractivity contribution in [2.45, 2.75) is 49.2 Å². The van der Waals surface area contributed by atoms with Crippen LogP contribution in [0.2, 0.25) is 5.02 Å². The van der Waals surface area contributed by atoms with Crippen LogP contribution < -0.4 is 5.73 Å². The summed E-state index contributed by atoms with van der Waals surface area (Å²) in [7, 11) is 0. The lowest BCUT2D eigenvalue weighted by Gasteiger charge is -2.26. The molecule has 3 heteroatoms. The SMILES string of the molecule is CC1CCCC(Sc2ccc(Cl)cc2CCN)C1.